The Morgan fingerprint density at radius 3 is 2.80 bits per heavy atom. The predicted octanol–water partition coefficient (Wildman–Crippen LogP) is 3.56. The van der Waals surface area contributed by atoms with Gasteiger partial charge in [-0.05, 0) is 19.6 Å². The highest BCUT2D eigenvalue weighted by Gasteiger charge is 2.21. The molecule has 0 amide bonds. The van der Waals surface area contributed by atoms with Crippen LogP contribution in [-0.4, -0.2) is 25.7 Å². The second-order valence-corrected chi connectivity index (χ2v) is 8.90. The maximum atomic E-state index is 12.0. The summed E-state index contributed by atoms with van der Waals surface area (Å²) in [6.45, 7) is 2.34. The van der Waals surface area contributed by atoms with Gasteiger partial charge in [-0.15, -0.1) is 0 Å². The molecule has 0 aromatic heterocycles. The highest BCUT2D eigenvalue weighted by molar-refractivity contribution is 8.98. The van der Waals surface area contributed by atoms with E-state index in [-0.39, 0.29) is 0 Å². The maximum absolute atomic E-state index is 12.0. The SMILES string of the molecule is CCCCN=CNP(=O)(OCC)SSC. The van der Waals surface area contributed by atoms with Crippen LogP contribution in [0.1, 0.15) is 26.7 Å². The predicted molar refractivity (Wildman–Crippen MR) is 71.7 cm³/mol. The molecule has 0 saturated carbocycles. The van der Waals surface area contributed by atoms with Gasteiger partial charge in [0.25, 0.3) is 0 Å². The van der Waals surface area contributed by atoms with Crippen LogP contribution in [0.4, 0.5) is 0 Å². The summed E-state index contributed by atoms with van der Waals surface area (Å²) >= 11 is 0. The van der Waals surface area contributed by atoms with Crippen molar-refractivity contribution in [1.82, 2.24) is 5.09 Å². The van der Waals surface area contributed by atoms with Crippen molar-refractivity contribution in [2.75, 3.05) is 19.4 Å². The summed E-state index contributed by atoms with van der Waals surface area (Å²) in [5.74, 6) is 0. The zero-order valence-corrected chi connectivity index (χ0v) is 12.0. The van der Waals surface area contributed by atoms with Gasteiger partial charge >= 0.3 is 6.72 Å². The molecule has 90 valence electrons. The molecule has 1 unspecified atom stereocenters. The van der Waals surface area contributed by atoms with Gasteiger partial charge in [0.05, 0.1) is 12.9 Å². The molecule has 0 aliphatic carbocycles. The van der Waals surface area contributed by atoms with Crippen LogP contribution >= 0.6 is 27.9 Å². The normalized spacial score (nSPS) is 15.4. The van der Waals surface area contributed by atoms with Crippen molar-refractivity contribution >= 4 is 34.3 Å². The summed E-state index contributed by atoms with van der Waals surface area (Å²) in [5.41, 5.74) is 0. The topological polar surface area (TPSA) is 50.7 Å². The Hall–Kier alpha value is 0.360. The average Bonchev–Trinajstić information content (AvgIpc) is 2.18. The Labute approximate surface area is 99.7 Å². The number of nitrogens with zero attached hydrogens (tertiary/aromatic N) is 1. The minimum absolute atomic E-state index is 0.431. The molecule has 0 aliphatic heterocycles. The molecule has 0 rings (SSSR count). The molecular formula is C8H19N2O2PS2. The highest BCUT2D eigenvalue weighted by Crippen LogP contribution is 2.60. The van der Waals surface area contributed by atoms with E-state index in [9.17, 15) is 4.57 Å². The summed E-state index contributed by atoms with van der Waals surface area (Å²) in [4.78, 5) is 4.10. The number of aliphatic imine (C=N–C) groups is 1. The van der Waals surface area contributed by atoms with E-state index < -0.39 is 6.72 Å². The van der Waals surface area contributed by atoms with Crippen LogP contribution in [-0.2, 0) is 9.09 Å². The zero-order chi connectivity index (χ0) is 11.6. The second-order valence-electron chi connectivity index (χ2n) is 2.67. The number of rotatable bonds is 9. The van der Waals surface area contributed by atoms with E-state index in [2.05, 4.69) is 17.0 Å². The van der Waals surface area contributed by atoms with Crippen LogP contribution in [0.15, 0.2) is 4.99 Å². The van der Waals surface area contributed by atoms with E-state index in [0.29, 0.717) is 6.61 Å². The summed E-state index contributed by atoms with van der Waals surface area (Å²) in [5, 5.41) is 2.74. The molecule has 0 radical (unpaired) electrons. The molecule has 7 heteroatoms. The van der Waals surface area contributed by atoms with Crippen molar-refractivity contribution in [3.8, 4) is 0 Å². The van der Waals surface area contributed by atoms with E-state index in [0.717, 1.165) is 19.4 Å². The van der Waals surface area contributed by atoms with Gasteiger partial charge < -0.3 is 4.52 Å². The molecule has 0 aliphatic rings. The lowest BCUT2D eigenvalue weighted by atomic mass is 10.3. The number of hydrogen-bond donors (Lipinski definition) is 1. The molecule has 0 heterocycles. The molecule has 1 N–H and O–H groups in total. The van der Waals surface area contributed by atoms with Gasteiger partial charge in [0, 0.05) is 17.0 Å². The van der Waals surface area contributed by atoms with Crippen molar-refractivity contribution in [3.05, 3.63) is 0 Å². The molecule has 0 spiro atoms. The lowest BCUT2D eigenvalue weighted by molar-refractivity contribution is 0.343. The first-order chi connectivity index (χ1) is 7.18. The van der Waals surface area contributed by atoms with Crippen molar-refractivity contribution in [3.63, 3.8) is 0 Å². The van der Waals surface area contributed by atoms with E-state index in [1.807, 2.05) is 13.2 Å². The van der Waals surface area contributed by atoms with Gasteiger partial charge in [-0.1, -0.05) is 24.1 Å². The monoisotopic (exact) mass is 270 g/mol. The first kappa shape index (κ1) is 15.4. The minimum atomic E-state index is -2.79. The molecule has 0 fully saturated rings. The molecule has 15 heavy (non-hydrogen) atoms. The van der Waals surface area contributed by atoms with Crippen molar-refractivity contribution in [1.29, 1.82) is 0 Å². The number of nitrogens with one attached hydrogen (secondary N) is 1. The van der Waals surface area contributed by atoms with Gasteiger partial charge in [-0.3, -0.25) is 14.6 Å². The Morgan fingerprint density at radius 2 is 2.27 bits per heavy atom. The van der Waals surface area contributed by atoms with E-state index in [4.69, 9.17) is 4.52 Å². The first-order valence-electron chi connectivity index (χ1n) is 4.91. The van der Waals surface area contributed by atoms with Crippen LogP contribution in [0, 0.1) is 0 Å². The standard InChI is InChI=1S/C8H19N2O2PS2/c1-4-6-7-9-8-10-13(11,12-5-2)15-14-3/h8H,4-7H2,1-3H3,(H,9,10,11). The fourth-order valence-corrected chi connectivity index (χ4v) is 5.54. The largest absolute Gasteiger partial charge is 0.362 e. The fourth-order valence-electron chi connectivity index (χ4n) is 0.774. The molecule has 1 atom stereocenters. The number of hydrogen-bond acceptors (Lipinski definition) is 5. The van der Waals surface area contributed by atoms with Crippen LogP contribution < -0.4 is 5.09 Å². The first-order valence-corrected chi connectivity index (χ1v) is 9.70. The Balaban J connectivity index is 3.95. The fraction of sp³-hybridized carbons (Fsp3) is 0.875. The minimum Gasteiger partial charge on any atom is -0.306 e. The molecule has 0 aromatic carbocycles. The Kier molecular flexibility index (Phi) is 9.81. The van der Waals surface area contributed by atoms with Crippen LogP contribution in [0.5, 0.6) is 0 Å². The lowest BCUT2D eigenvalue weighted by Gasteiger charge is -2.14. The summed E-state index contributed by atoms with van der Waals surface area (Å²) in [6.07, 6.45) is 5.52. The van der Waals surface area contributed by atoms with Crippen LogP contribution in [0.2, 0.25) is 0 Å². The van der Waals surface area contributed by atoms with Gasteiger partial charge in [0.15, 0.2) is 0 Å². The molecule has 4 nitrogen and oxygen atoms in total. The summed E-state index contributed by atoms with van der Waals surface area (Å²) < 4.78 is 17.1. The third-order valence-electron chi connectivity index (χ3n) is 1.42. The Morgan fingerprint density at radius 1 is 1.53 bits per heavy atom. The van der Waals surface area contributed by atoms with Crippen LogP contribution in [0.25, 0.3) is 0 Å². The smallest absolute Gasteiger partial charge is 0.306 e. The molecule has 0 saturated heterocycles. The van der Waals surface area contributed by atoms with Gasteiger partial charge in [0.2, 0.25) is 0 Å². The van der Waals surface area contributed by atoms with Gasteiger partial charge in [-0.25, -0.2) is 0 Å². The summed E-state index contributed by atoms with van der Waals surface area (Å²) in [7, 11) is 2.64. The van der Waals surface area contributed by atoms with Crippen LogP contribution in [0.3, 0.4) is 0 Å². The second kappa shape index (κ2) is 9.58. The molecular weight excluding hydrogens is 251 g/mol. The third kappa shape index (κ3) is 8.20. The van der Waals surface area contributed by atoms with Gasteiger partial charge in [-0.2, -0.15) is 0 Å². The number of unbranched alkanes of at least 4 members (excludes halogenated alkanes) is 1. The lowest BCUT2D eigenvalue weighted by Crippen LogP contribution is -2.07. The maximum Gasteiger partial charge on any atom is 0.362 e. The van der Waals surface area contributed by atoms with Crippen molar-refractivity contribution in [2.24, 2.45) is 4.99 Å². The van der Waals surface area contributed by atoms with Crippen molar-refractivity contribution in [2.45, 2.75) is 26.7 Å². The summed E-state index contributed by atoms with van der Waals surface area (Å²) in [6, 6.07) is 0. The quantitative estimate of drug-likeness (QED) is 0.228. The average molecular weight is 270 g/mol. The Bertz CT molecular complexity index is 217. The van der Waals surface area contributed by atoms with Crippen molar-refractivity contribution < 1.29 is 9.09 Å². The van der Waals surface area contributed by atoms with E-state index in [1.54, 1.807) is 0 Å². The third-order valence-corrected chi connectivity index (χ3v) is 7.57. The highest BCUT2D eigenvalue weighted by atomic mass is 33.3. The molecule has 0 aromatic rings. The molecule has 0 bridgehead atoms. The van der Waals surface area contributed by atoms with E-state index >= 15 is 0 Å². The van der Waals surface area contributed by atoms with E-state index in [1.165, 1.54) is 27.5 Å². The zero-order valence-electron chi connectivity index (χ0n) is 9.43. The van der Waals surface area contributed by atoms with Gasteiger partial charge in [0.1, 0.15) is 0 Å².